The molecule has 88 valence electrons. The summed E-state index contributed by atoms with van der Waals surface area (Å²) in [5.41, 5.74) is 0.979. The first-order valence-electron chi connectivity index (χ1n) is 5.43. The Hall–Kier alpha value is -1.10. The molecule has 0 atom stereocenters. The lowest BCUT2D eigenvalue weighted by atomic mass is 10.1. The van der Waals surface area contributed by atoms with Gasteiger partial charge in [-0.2, -0.15) is 0 Å². The van der Waals surface area contributed by atoms with E-state index in [0.717, 1.165) is 5.56 Å². The minimum Gasteiger partial charge on any atom is -0.290 e. The molecule has 1 aliphatic rings. The van der Waals surface area contributed by atoms with Crippen LogP contribution in [0.3, 0.4) is 0 Å². The molecule has 0 saturated carbocycles. The van der Waals surface area contributed by atoms with Crippen LogP contribution < -0.4 is 0 Å². The maximum atomic E-state index is 13.1. The van der Waals surface area contributed by atoms with Gasteiger partial charge in [-0.05, 0) is 25.5 Å². The molecule has 1 saturated heterocycles. The fraction of sp³-hybridized carbons (Fsp3) is 0.636. The molecule has 1 aromatic rings. The van der Waals surface area contributed by atoms with E-state index in [1.807, 2.05) is 6.92 Å². The van der Waals surface area contributed by atoms with Gasteiger partial charge in [0.15, 0.2) is 0 Å². The Morgan fingerprint density at radius 1 is 1.38 bits per heavy atom. The zero-order chi connectivity index (χ0) is 11.6. The highest BCUT2D eigenvalue weighted by atomic mass is 19.3. The maximum absolute atomic E-state index is 13.1. The van der Waals surface area contributed by atoms with Crippen molar-refractivity contribution < 1.29 is 8.78 Å². The first-order chi connectivity index (χ1) is 7.55. The zero-order valence-electron chi connectivity index (χ0n) is 9.29. The molecule has 16 heavy (non-hydrogen) atoms. The molecular formula is C11H15F2N3. The van der Waals surface area contributed by atoms with Gasteiger partial charge in [0, 0.05) is 18.8 Å². The standard InChI is InChI=1S/C11H15F2N3/c1-9-5-14-10(15-6-9)7-16-4-2-3-11(12,13)8-16/h5-6H,2-4,7-8H2,1H3. The van der Waals surface area contributed by atoms with E-state index in [1.54, 1.807) is 17.3 Å². The van der Waals surface area contributed by atoms with Crippen molar-refractivity contribution in [3.63, 3.8) is 0 Å². The van der Waals surface area contributed by atoms with Crippen molar-refractivity contribution in [2.24, 2.45) is 0 Å². The molecule has 0 N–H and O–H groups in total. The van der Waals surface area contributed by atoms with Crippen LogP contribution in [0, 0.1) is 6.92 Å². The summed E-state index contributed by atoms with van der Waals surface area (Å²) in [6, 6.07) is 0. The summed E-state index contributed by atoms with van der Waals surface area (Å²) in [5, 5.41) is 0. The molecule has 0 radical (unpaired) electrons. The normalized spacial score (nSPS) is 20.9. The monoisotopic (exact) mass is 227 g/mol. The molecule has 0 amide bonds. The van der Waals surface area contributed by atoms with Gasteiger partial charge in [0.25, 0.3) is 5.92 Å². The number of hydrogen-bond acceptors (Lipinski definition) is 3. The molecular weight excluding hydrogens is 212 g/mol. The number of nitrogens with zero attached hydrogens (tertiary/aromatic N) is 3. The van der Waals surface area contributed by atoms with Gasteiger partial charge in [-0.25, -0.2) is 18.7 Å². The fourth-order valence-corrected chi connectivity index (χ4v) is 1.88. The van der Waals surface area contributed by atoms with Gasteiger partial charge in [-0.15, -0.1) is 0 Å². The van der Waals surface area contributed by atoms with E-state index in [0.29, 0.717) is 25.3 Å². The van der Waals surface area contributed by atoms with Crippen LogP contribution in [0.15, 0.2) is 12.4 Å². The molecule has 5 heteroatoms. The summed E-state index contributed by atoms with van der Waals surface area (Å²) in [5.74, 6) is -1.94. The van der Waals surface area contributed by atoms with E-state index in [4.69, 9.17) is 0 Å². The van der Waals surface area contributed by atoms with Crippen LogP contribution in [0.5, 0.6) is 0 Å². The van der Waals surface area contributed by atoms with Gasteiger partial charge in [0.2, 0.25) is 0 Å². The van der Waals surface area contributed by atoms with E-state index in [9.17, 15) is 8.78 Å². The van der Waals surface area contributed by atoms with E-state index in [-0.39, 0.29) is 13.0 Å². The summed E-state index contributed by atoms with van der Waals surface area (Å²) < 4.78 is 26.3. The van der Waals surface area contributed by atoms with E-state index in [2.05, 4.69) is 9.97 Å². The lowest BCUT2D eigenvalue weighted by Gasteiger charge is -2.31. The lowest BCUT2D eigenvalue weighted by Crippen LogP contribution is -2.42. The van der Waals surface area contributed by atoms with Gasteiger partial charge in [-0.3, -0.25) is 4.90 Å². The van der Waals surface area contributed by atoms with Crippen LogP contribution in [0.4, 0.5) is 8.78 Å². The van der Waals surface area contributed by atoms with Gasteiger partial charge in [-0.1, -0.05) is 0 Å². The Morgan fingerprint density at radius 2 is 2.06 bits per heavy atom. The molecule has 0 unspecified atom stereocenters. The van der Waals surface area contributed by atoms with Crippen molar-refractivity contribution in [3.8, 4) is 0 Å². The van der Waals surface area contributed by atoms with E-state index >= 15 is 0 Å². The molecule has 3 nitrogen and oxygen atoms in total. The smallest absolute Gasteiger partial charge is 0.260 e. The summed E-state index contributed by atoms with van der Waals surface area (Å²) in [6.45, 7) is 2.84. The van der Waals surface area contributed by atoms with Crippen LogP contribution >= 0.6 is 0 Å². The SMILES string of the molecule is Cc1cnc(CN2CCCC(F)(F)C2)nc1. The number of hydrogen-bond donors (Lipinski definition) is 0. The summed E-state index contributed by atoms with van der Waals surface area (Å²) in [6.07, 6.45) is 3.96. The van der Waals surface area contributed by atoms with Crippen molar-refractivity contribution in [2.75, 3.05) is 13.1 Å². The van der Waals surface area contributed by atoms with Crippen molar-refractivity contribution >= 4 is 0 Å². The summed E-state index contributed by atoms with van der Waals surface area (Å²) in [7, 11) is 0. The van der Waals surface area contributed by atoms with E-state index < -0.39 is 5.92 Å². The highest BCUT2D eigenvalue weighted by Crippen LogP contribution is 2.26. The third kappa shape index (κ3) is 2.95. The number of halogens is 2. The molecule has 1 aromatic heterocycles. The van der Waals surface area contributed by atoms with Gasteiger partial charge in [0.05, 0.1) is 13.1 Å². The highest BCUT2D eigenvalue weighted by molar-refractivity contribution is 5.02. The molecule has 0 aliphatic carbocycles. The van der Waals surface area contributed by atoms with Crippen molar-refractivity contribution in [3.05, 3.63) is 23.8 Å². The van der Waals surface area contributed by atoms with Crippen LogP contribution in [0.1, 0.15) is 24.2 Å². The number of aryl methyl sites for hydroxylation is 1. The zero-order valence-corrected chi connectivity index (χ0v) is 9.29. The molecule has 0 bridgehead atoms. The van der Waals surface area contributed by atoms with Gasteiger partial charge >= 0.3 is 0 Å². The number of likely N-dealkylation sites (tertiary alicyclic amines) is 1. The summed E-state index contributed by atoms with van der Waals surface area (Å²) >= 11 is 0. The third-order valence-electron chi connectivity index (χ3n) is 2.67. The molecule has 0 spiro atoms. The van der Waals surface area contributed by atoms with Gasteiger partial charge < -0.3 is 0 Å². The quantitative estimate of drug-likeness (QED) is 0.774. The molecule has 1 aliphatic heterocycles. The minimum absolute atomic E-state index is 0.00173. The Balaban J connectivity index is 1.97. The predicted octanol–water partition coefficient (Wildman–Crippen LogP) is 2.02. The largest absolute Gasteiger partial charge is 0.290 e. The number of alkyl halides is 2. The van der Waals surface area contributed by atoms with E-state index in [1.165, 1.54) is 0 Å². The van der Waals surface area contributed by atoms with Gasteiger partial charge in [0.1, 0.15) is 5.82 Å². The van der Waals surface area contributed by atoms with Crippen molar-refractivity contribution in [2.45, 2.75) is 32.2 Å². The number of aromatic nitrogens is 2. The maximum Gasteiger partial charge on any atom is 0.260 e. The average molecular weight is 227 g/mol. The third-order valence-corrected chi connectivity index (χ3v) is 2.67. The van der Waals surface area contributed by atoms with Crippen LogP contribution in [-0.4, -0.2) is 33.9 Å². The lowest BCUT2D eigenvalue weighted by molar-refractivity contribution is -0.0666. The average Bonchev–Trinajstić information content (AvgIpc) is 2.20. The highest BCUT2D eigenvalue weighted by Gasteiger charge is 2.35. The van der Waals surface area contributed by atoms with Crippen molar-refractivity contribution in [1.29, 1.82) is 0 Å². The number of piperidine rings is 1. The predicted molar refractivity (Wildman–Crippen MR) is 56.2 cm³/mol. The van der Waals surface area contributed by atoms with Crippen LogP contribution in [-0.2, 0) is 6.54 Å². The fourth-order valence-electron chi connectivity index (χ4n) is 1.88. The first kappa shape index (κ1) is 11.4. The topological polar surface area (TPSA) is 29.0 Å². The molecule has 2 heterocycles. The number of rotatable bonds is 2. The Morgan fingerprint density at radius 3 is 2.69 bits per heavy atom. The van der Waals surface area contributed by atoms with Crippen LogP contribution in [0.25, 0.3) is 0 Å². The van der Waals surface area contributed by atoms with Crippen molar-refractivity contribution in [1.82, 2.24) is 14.9 Å². The molecule has 1 fully saturated rings. The molecule has 0 aromatic carbocycles. The Kier molecular flexibility index (Phi) is 3.14. The minimum atomic E-state index is -2.55. The molecule has 2 rings (SSSR count). The Labute approximate surface area is 93.5 Å². The second-order valence-corrected chi connectivity index (χ2v) is 4.35. The second-order valence-electron chi connectivity index (χ2n) is 4.35. The second kappa shape index (κ2) is 4.41. The first-order valence-corrected chi connectivity index (χ1v) is 5.43. The Bertz CT molecular complexity index is 351. The summed E-state index contributed by atoms with van der Waals surface area (Å²) in [4.78, 5) is 9.96. The van der Waals surface area contributed by atoms with Crippen LogP contribution in [0.2, 0.25) is 0 Å².